The molecule has 0 rings (SSSR count). The van der Waals surface area contributed by atoms with E-state index in [9.17, 15) is 4.79 Å². The zero-order chi connectivity index (χ0) is 8.69. The molecule has 3 heteroatoms. The minimum absolute atomic E-state index is 0.000880. The van der Waals surface area contributed by atoms with Crippen molar-refractivity contribution in [3.8, 4) is 0 Å². The van der Waals surface area contributed by atoms with Gasteiger partial charge in [-0.1, -0.05) is 6.92 Å². The van der Waals surface area contributed by atoms with Crippen LogP contribution >= 0.6 is 0 Å². The molecule has 1 atom stereocenters. The third kappa shape index (κ3) is 4.93. The highest BCUT2D eigenvalue weighted by Crippen LogP contribution is 1.91. The second-order valence-corrected chi connectivity index (χ2v) is 2.40. The number of Topliss-reactive ketones (excluding diaryl/α,β-unsaturated/α-hetero) is 1. The molecule has 0 aliphatic heterocycles. The SMILES string of the molecule is CCCOCC(=O)C(C)OC. The summed E-state index contributed by atoms with van der Waals surface area (Å²) in [6.07, 6.45) is 0.598. The second kappa shape index (κ2) is 6.31. The lowest BCUT2D eigenvalue weighted by molar-refractivity contribution is -0.132. The molecule has 0 aromatic carbocycles. The summed E-state index contributed by atoms with van der Waals surface area (Å²) in [5.41, 5.74) is 0. The van der Waals surface area contributed by atoms with E-state index < -0.39 is 0 Å². The number of ether oxygens (including phenoxy) is 2. The molecule has 0 saturated heterocycles. The van der Waals surface area contributed by atoms with E-state index in [0.29, 0.717) is 6.61 Å². The van der Waals surface area contributed by atoms with Crippen molar-refractivity contribution in [3.63, 3.8) is 0 Å². The molecule has 0 heterocycles. The van der Waals surface area contributed by atoms with Crippen molar-refractivity contribution in [2.45, 2.75) is 26.4 Å². The lowest BCUT2D eigenvalue weighted by Gasteiger charge is -2.07. The molecule has 0 aliphatic rings. The van der Waals surface area contributed by atoms with Crippen LogP contribution in [0.2, 0.25) is 0 Å². The number of carbonyl (C=O) groups is 1. The number of ketones is 1. The van der Waals surface area contributed by atoms with Crippen LogP contribution in [0.4, 0.5) is 0 Å². The van der Waals surface area contributed by atoms with Gasteiger partial charge in [0.25, 0.3) is 0 Å². The van der Waals surface area contributed by atoms with E-state index in [2.05, 4.69) is 0 Å². The highest BCUT2D eigenvalue weighted by Gasteiger charge is 2.10. The highest BCUT2D eigenvalue weighted by molar-refractivity contribution is 5.83. The Hall–Kier alpha value is -0.410. The van der Waals surface area contributed by atoms with Gasteiger partial charge in [-0.3, -0.25) is 4.79 Å². The summed E-state index contributed by atoms with van der Waals surface area (Å²) >= 11 is 0. The van der Waals surface area contributed by atoms with Gasteiger partial charge in [-0.25, -0.2) is 0 Å². The predicted molar refractivity (Wildman–Crippen MR) is 42.6 cm³/mol. The maximum Gasteiger partial charge on any atom is 0.186 e. The van der Waals surface area contributed by atoms with Crippen LogP contribution in [0.3, 0.4) is 0 Å². The molecule has 3 nitrogen and oxygen atoms in total. The predicted octanol–water partition coefficient (Wildman–Crippen LogP) is 1.02. The maximum absolute atomic E-state index is 11.0. The van der Waals surface area contributed by atoms with Crippen LogP contribution in [0.15, 0.2) is 0 Å². The van der Waals surface area contributed by atoms with Gasteiger partial charge >= 0.3 is 0 Å². The van der Waals surface area contributed by atoms with Gasteiger partial charge in [-0.2, -0.15) is 0 Å². The average Bonchev–Trinajstić information content (AvgIpc) is 2.03. The van der Waals surface area contributed by atoms with E-state index in [1.54, 1.807) is 6.92 Å². The molecule has 0 spiro atoms. The Morgan fingerprint density at radius 2 is 2.18 bits per heavy atom. The summed E-state index contributed by atoms with van der Waals surface area (Å²) in [6.45, 7) is 4.53. The normalized spacial score (nSPS) is 13.0. The number of rotatable bonds is 6. The number of hydrogen-bond donors (Lipinski definition) is 0. The third-order valence-corrected chi connectivity index (χ3v) is 1.40. The average molecular weight is 160 g/mol. The van der Waals surface area contributed by atoms with E-state index in [-0.39, 0.29) is 18.5 Å². The van der Waals surface area contributed by atoms with Gasteiger partial charge in [0.2, 0.25) is 0 Å². The van der Waals surface area contributed by atoms with Gasteiger partial charge in [-0.05, 0) is 13.3 Å². The summed E-state index contributed by atoms with van der Waals surface area (Å²) in [7, 11) is 1.52. The Kier molecular flexibility index (Phi) is 6.07. The van der Waals surface area contributed by atoms with Crippen LogP contribution in [-0.2, 0) is 14.3 Å². The minimum atomic E-state index is -0.341. The molecular formula is C8H16O3. The molecule has 0 aromatic heterocycles. The Bertz CT molecular complexity index is 112. The van der Waals surface area contributed by atoms with E-state index in [0.717, 1.165) is 6.42 Å². The van der Waals surface area contributed by atoms with Gasteiger partial charge in [0, 0.05) is 13.7 Å². The Morgan fingerprint density at radius 3 is 2.64 bits per heavy atom. The molecule has 1 unspecified atom stereocenters. The van der Waals surface area contributed by atoms with E-state index in [1.165, 1.54) is 7.11 Å². The molecule has 0 aliphatic carbocycles. The van der Waals surface area contributed by atoms with Gasteiger partial charge in [0.15, 0.2) is 5.78 Å². The molecule has 0 N–H and O–H groups in total. The number of hydrogen-bond acceptors (Lipinski definition) is 3. The number of carbonyl (C=O) groups excluding carboxylic acids is 1. The third-order valence-electron chi connectivity index (χ3n) is 1.40. The van der Waals surface area contributed by atoms with Gasteiger partial charge in [0.05, 0.1) is 0 Å². The van der Waals surface area contributed by atoms with Crippen molar-refractivity contribution in [1.82, 2.24) is 0 Å². The summed E-state index contributed by atoms with van der Waals surface area (Å²) in [4.78, 5) is 11.0. The maximum atomic E-state index is 11.0. The fourth-order valence-electron chi connectivity index (χ4n) is 0.566. The van der Waals surface area contributed by atoms with Crippen molar-refractivity contribution in [2.24, 2.45) is 0 Å². The van der Waals surface area contributed by atoms with Gasteiger partial charge < -0.3 is 9.47 Å². The summed E-state index contributed by atoms with van der Waals surface area (Å²) in [6, 6.07) is 0. The van der Waals surface area contributed by atoms with Crippen LogP contribution in [0.1, 0.15) is 20.3 Å². The Labute approximate surface area is 67.7 Å². The first-order valence-corrected chi connectivity index (χ1v) is 3.85. The molecule has 66 valence electrons. The summed E-state index contributed by atoms with van der Waals surface area (Å²) in [5, 5.41) is 0. The van der Waals surface area contributed by atoms with E-state index >= 15 is 0 Å². The van der Waals surface area contributed by atoms with Gasteiger partial charge in [-0.15, -0.1) is 0 Å². The summed E-state index contributed by atoms with van der Waals surface area (Å²) < 4.78 is 9.85. The van der Waals surface area contributed by atoms with Crippen LogP contribution in [0.5, 0.6) is 0 Å². The zero-order valence-corrected chi connectivity index (χ0v) is 7.42. The Balaban J connectivity index is 3.36. The first-order valence-electron chi connectivity index (χ1n) is 3.85. The van der Waals surface area contributed by atoms with Crippen LogP contribution in [-0.4, -0.2) is 32.2 Å². The monoisotopic (exact) mass is 160 g/mol. The largest absolute Gasteiger partial charge is 0.374 e. The molecule has 0 bridgehead atoms. The Morgan fingerprint density at radius 1 is 1.55 bits per heavy atom. The van der Waals surface area contributed by atoms with Crippen molar-refractivity contribution >= 4 is 5.78 Å². The molecular weight excluding hydrogens is 144 g/mol. The molecule has 0 aromatic rings. The molecule has 0 fully saturated rings. The smallest absolute Gasteiger partial charge is 0.186 e. The fourth-order valence-corrected chi connectivity index (χ4v) is 0.566. The first-order chi connectivity index (χ1) is 5.22. The molecule has 0 saturated carbocycles. The molecule has 11 heavy (non-hydrogen) atoms. The van der Waals surface area contributed by atoms with Crippen LogP contribution in [0, 0.1) is 0 Å². The highest BCUT2D eigenvalue weighted by atomic mass is 16.5. The van der Waals surface area contributed by atoms with Crippen molar-refractivity contribution < 1.29 is 14.3 Å². The quantitative estimate of drug-likeness (QED) is 0.544. The molecule has 0 amide bonds. The lowest BCUT2D eigenvalue weighted by Crippen LogP contribution is -2.23. The van der Waals surface area contributed by atoms with E-state index in [1.807, 2.05) is 6.92 Å². The van der Waals surface area contributed by atoms with Crippen molar-refractivity contribution in [2.75, 3.05) is 20.3 Å². The topological polar surface area (TPSA) is 35.5 Å². The van der Waals surface area contributed by atoms with Crippen LogP contribution < -0.4 is 0 Å². The molecule has 0 radical (unpaired) electrons. The fraction of sp³-hybridized carbons (Fsp3) is 0.875. The standard InChI is InChI=1S/C8H16O3/c1-4-5-11-6-8(9)7(2)10-3/h7H,4-6H2,1-3H3. The zero-order valence-electron chi connectivity index (χ0n) is 7.42. The summed E-state index contributed by atoms with van der Waals surface area (Å²) in [5.74, 6) is 0.000880. The lowest BCUT2D eigenvalue weighted by atomic mass is 10.3. The minimum Gasteiger partial charge on any atom is -0.374 e. The first kappa shape index (κ1) is 10.6. The van der Waals surface area contributed by atoms with Crippen molar-refractivity contribution in [3.05, 3.63) is 0 Å². The second-order valence-electron chi connectivity index (χ2n) is 2.40. The van der Waals surface area contributed by atoms with E-state index in [4.69, 9.17) is 9.47 Å². The van der Waals surface area contributed by atoms with Crippen LogP contribution in [0.25, 0.3) is 0 Å². The van der Waals surface area contributed by atoms with Crippen molar-refractivity contribution in [1.29, 1.82) is 0 Å². The number of methoxy groups -OCH3 is 1. The van der Waals surface area contributed by atoms with Gasteiger partial charge in [0.1, 0.15) is 12.7 Å².